The van der Waals surface area contributed by atoms with Gasteiger partial charge in [0.25, 0.3) is 5.91 Å². The highest BCUT2D eigenvalue weighted by Gasteiger charge is 2.28. The fraction of sp³-hybridized carbons (Fsp3) is 0.158. The SMILES string of the molecule is Cc1cccc(NC(=O)/C(C#N)=C/c2ccc(SC(F)(F)F)cc2)c1C. The molecule has 2 aromatic carbocycles. The molecule has 0 aromatic heterocycles. The van der Waals surface area contributed by atoms with Gasteiger partial charge in [-0.25, -0.2) is 0 Å². The lowest BCUT2D eigenvalue weighted by Gasteiger charge is -2.10. The molecule has 0 atom stereocenters. The Morgan fingerprint density at radius 2 is 1.81 bits per heavy atom. The average molecular weight is 376 g/mol. The van der Waals surface area contributed by atoms with Gasteiger partial charge < -0.3 is 5.32 Å². The summed E-state index contributed by atoms with van der Waals surface area (Å²) in [5.41, 5.74) is -1.53. The predicted octanol–water partition coefficient (Wildman–Crippen LogP) is 5.46. The second-order valence-electron chi connectivity index (χ2n) is 5.49. The molecule has 0 unspecified atom stereocenters. The minimum atomic E-state index is -4.36. The summed E-state index contributed by atoms with van der Waals surface area (Å²) in [5, 5.41) is 11.9. The maximum absolute atomic E-state index is 12.3. The van der Waals surface area contributed by atoms with Gasteiger partial charge in [0.2, 0.25) is 0 Å². The summed E-state index contributed by atoms with van der Waals surface area (Å²) in [7, 11) is 0. The minimum absolute atomic E-state index is 0.0352. The van der Waals surface area contributed by atoms with Gasteiger partial charge in [-0.1, -0.05) is 24.3 Å². The van der Waals surface area contributed by atoms with Crippen LogP contribution in [0.15, 0.2) is 52.9 Å². The van der Waals surface area contributed by atoms with Crippen LogP contribution in [0.5, 0.6) is 0 Å². The van der Waals surface area contributed by atoms with Gasteiger partial charge in [0.05, 0.1) is 0 Å². The fourth-order valence-electron chi connectivity index (χ4n) is 2.16. The first-order valence-electron chi connectivity index (χ1n) is 7.55. The van der Waals surface area contributed by atoms with Crippen LogP contribution in [0.3, 0.4) is 0 Å². The first-order chi connectivity index (χ1) is 12.2. The van der Waals surface area contributed by atoms with Gasteiger partial charge in [-0.05, 0) is 66.6 Å². The summed E-state index contributed by atoms with van der Waals surface area (Å²) in [6.07, 6.45) is 1.34. The molecule has 2 rings (SSSR count). The molecule has 0 saturated heterocycles. The van der Waals surface area contributed by atoms with E-state index < -0.39 is 11.4 Å². The van der Waals surface area contributed by atoms with E-state index in [0.717, 1.165) is 11.1 Å². The smallest absolute Gasteiger partial charge is 0.321 e. The van der Waals surface area contributed by atoms with Crippen LogP contribution in [-0.4, -0.2) is 11.4 Å². The van der Waals surface area contributed by atoms with E-state index >= 15 is 0 Å². The third-order valence-corrected chi connectivity index (χ3v) is 4.38. The maximum Gasteiger partial charge on any atom is 0.446 e. The zero-order valence-electron chi connectivity index (χ0n) is 14.0. The Morgan fingerprint density at radius 1 is 1.15 bits per heavy atom. The average Bonchev–Trinajstić information content (AvgIpc) is 2.57. The van der Waals surface area contributed by atoms with Crippen LogP contribution < -0.4 is 5.32 Å². The largest absolute Gasteiger partial charge is 0.446 e. The number of hydrogen-bond donors (Lipinski definition) is 1. The van der Waals surface area contributed by atoms with Crippen molar-refractivity contribution in [3.63, 3.8) is 0 Å². The van der Waals surface area contributed by atoms with Crippen molar-refractivity contribution in [2.24, 2.45) is 0 Å². The molecule has 0 radical (unpaired) electrons. The number of thioether (sulfide) groups is 1. The Balaban J connectivity index is 2.18. The molecule has 1 amide bonds. The van der Waals surface area contributed by atoms with Crippen LogP contribution in [0.2, 0.25) is 0 Å². The third kappa shape index (κ3) is 5.39. The normalized spacial score (nSPS) is 11.8. The maximum atomic E-state index is 12.3. The zero-order chi connectivity index (χ0) is 19.3. The standard InChI is InChI=1S/C19H15F3N2OS/c1-12-4-3-5-17(13(12)2)24-18(25)15(11-23)10-14-6-8-16(9-7-14)26-19(20,21)22/h3-10H,1-2H3,(H,24,25)/b15-10+. The number of carbonyl (C=O) groups is 1. The van der Waals surface area contributed by atoms with Crippen molar-refractivity contribution < 1.29 is 18.0 Å². The zero-order valence-corrected chi connectivity index (χ0v) is 14.8. The molecule has 0 saturated carbocycles. The van der Waals surface area contributed by atoms with E-state index in [0.29, 0.717) is 11.3 Å². The van der Waals surface area contributed by atoms with Gasteiger partial charge in [-0.2, -0.15) is 18.4 Å². The minimum Gasteiger partial charge on any atom is -0.321 e. The molecule has 1 N–H and O–H groups in total. The number of halogens is 3. The van der Waals surface area contributed by atoms with Crippen molar-refractivity contribution in [2.45, 2.75) is 24.3 Å². The number of nitrogens with one attached hydrogen (secondary N) is 1. The molecule has 134 valence electrons. The van der Waals surface area contributed by atoms with Crippen LogP contribution in [-0.2, 0) is 4.79 Å². The van der Waals surface area contributed by atoms with Crippen molar-refractivity contribution >= 4 is 29.4 Å². The van der Waals surface area contributed by atoms with Crippen LogP contribution in [0, 0.1) is 25.2 Å². The number of alkyl halides is 3. The molecule has 2 aromatic rings. The monoisotopic (exact) mass is 376 g/mol. The van der Waals surface area contributed by atoms with Crippen molar-refractivity contribution in [1.82, 2.24) is 0 Å². The molecule has 0 fully saturated rings. The Labute approximate surface area is 153 Å². The lowest BCUT2D eigenvalue weighted by Crippen LogP contribution is -2.14. The summed E-state index contributed by atoms with van der Waals surface area (Å²) >= 11 is -0.220. The van der Waals surface area contributed by atoms with Crippen molar-refractivity contribution in [3.05, 3.63) is 64.7 Å². The first kappa shape index (κ1) is 19.6. The van der Waals surface area contributed by atoms with E-state index in [1.54, 1.807) is 12.1 Å². The number of aryl methyl sites for hydroxylation is 1. The van der Waals surface area contributed by atoms with Crippen molar-refractivity contribution in [3.8, 4) is 6.07 Å². The number of hydrogen-bond acceptors (Lipinski definition) is 3. The molecule has 0 aliphatic carbocycles. The fourth-order valence-corrected chi connectivity index (χ4v) is 2.70. The predicted molar refractivity (Wildman–Crippen MR) is 96.5 cm³/mol. The quantitative estimate of drug-likeness (QED) is 0.438. The van der Waals surface area contributed by atoms with E-state index in [-0.39, 0.29) is 22.2 Å². The number of nitrogens with zero attached hydrogens (tertiary/aromatic N) is 1. The lowest BCUT2D eigenvalue weighted by atomic mass is 10.1. The third-order valence-electron chi connectivity index (χ3n) is 3.64. The molecule has 0 spiro atoms. The van der Waals surface area contributed by atoms with E-state index in [1.807, 2.05) is 26.0 Å². The van der Waals surface area contributed by atoms with Crippen molar-refractivity contribution in [1.29, 1.82) is 5.26 Å². The van der Waals surface area contributed by atoms with Gasteiger partial charge in [0, 0.05) is 10.6 Å². The second kappa shape index (κ2) is 8.11. The molecule has 0 aliphatic heterocycles. The van der Waals surface area contributed by atoms with Crippen LogP contribution in [0.25, 0.3) is 6.08 Å². The summed E-state index contributed by atoms with van der Waals surface area (Å²) in [5.74, 6) is -0.574. The molecule has 7 heteroatoms. The van der Waals surface area contributed by atoms with Gasteiger partial charge in [-0.15, -0.1) is 0 Å². The number of nitriles is 1. The Bertz CT molecular complexity index is 881. The molecule has 0 bridgehead atoms. The van der Waals surface area contributed by atoms with Crippen LogP contribution in [0.4, 0.5) is 18.9 Å². The summed E-state index contributed by atoms with van der Waals surface area (Å²) in [4.78, 5) is 12.3. The van der Waals surface area contributed by atoms with Gasteiger partial charge in [-0.3, -0.25) is 4.79 Å². The van der Waals surface area contributed by atoms with Gasteiger partial charge >= 0.3 is 5.51 Å². The first-order valence-corrected chi connectivity index (χ1v) is 8.36. The summed E-state index contributed by atoms with van der Waals surface area (Å²) in [6.45, 7) is 3.77. The second-order valence-corrected chi connectivity index (χ2v) is 6.63. The highest BCUT2D eigenvalue weighted by atomic mass is 32.2. The Hall–Kier alpha value is -2.72. The van der Waals surface area contributed by atoms with E-state index in [1.165, 1.54) is 30.3 Å². The number of benzene rings is 2. The van der Waals surface area contributed by atoms with Crippen molar-refractivity contribution in [2.75, 3.05) is 5.32 Å². The summed E-state index contributed by atoms with van der Waals surface area (Å²) < 4.78 is 37.0. The number of rotatable bonds is 4. The summed E-state index contributed by atoms with van der Waals surface area (Å²) in [6, 6.07) is 12.7. The molecule has 0 heterocycles. The van der Waals surface area contributed by atoms with E-state index in [4.69, 9.17) is 0 Å². The molecular formula is C19H15F3N2OS. The molecule has 26 heavy (non-hydrogen) atoms. The van der Waals surface area contributed by atoms with Crippen LogP contribution >= 0.6 is 11.8 Å². The Kier molecular flexibility index (Phi) is 6.11. The number of anilines is 1. The lowest BCUT2D eigenvalue weighted by molar-refractivity contribution is -0.112. The van der Waals surface area contributed by atoms with Gasteiger partial charge in [0.1, 0.15) is 11.6 Å². The van der Waals surface area contributed by atoms with E-state index in [2.05, 4.69) is 5.32 Å². The highest BCUT2D eigenvalue weighted by Crippen LogP contribution is 2.36. The topological polar surface area (TPSA) is 52.9 Å². The van der Waals surface area contributed by atoms with E-state index in [9.17, 15) is 23.2 Å². The number of amides is 1. The Morgan fingerprint density at radius 3 is 2.38 bits per heavy atom. The highest BCUT2D eigenvalue weighted by molar-refractivity contribution is 8.00. The molecule has 0 aliphatic rings. The molecular weight excluding hydrogens is 361 g/mol. The van der Waals surface area contributed by atoms with Crippen LogP contribution in [0.1, 0.15) is 16.7 Å². The molecule has 3 nitrogen and oxygen atoms in total. The number of carbonyl (C=O) groups excluding carboxylic acids is 1. The van der Waals surface area contributed by atoms with Gasteiger partial charge in [0.15, 0.2) is 0 Å².